The van der Waals surface area contributed by atoms with E-state index in [2.05, 4.69) is 5.32 Å². The van der Waals surface area contributed by atoms with Gasteiger partial charge >= 0.3 is 0 Å². The highest BCUT2D eigenvalue weighted by Gasteiger charge is 2.14. The molecule has 2 N–H and O–H groups in total. The Morgan fingerprint density at radius 3 is 2.67 bits per heavy atom. The lowest BCUT2D eigenvalue weighted by Gasteiger charge is -2.06. The van der Waals surface area contributed by atoms with E-state index in [9.17, 15) is 0 Å². The van der Waals surface area contributed by atoms with E-state index in [1.54, 1.807) is 0 Å². The number of nitrogens with zero attached hydrogens (tertiary/aromatic N) is 1. The SMILES string of the molecule is NCCCCCCC1CC[N]C1. The minimum atomic E-state index is 0.860. The van der Waals surface area contributed by atoms with Gasteiger partial charge < -0.3 is 5.73 Å². The predicted octanol–water partition coefficient (Wildman–Crippen LogP) is 1.52. The van der Waals surface area contributed by atoms with E-state index in [0.29, 0.717) is 0 Å². The number of nitrogens with two attached hydrogens (primary N) is 1. The summed E-state index contributed by atoms with van der Waals surface area (Å²) in [7, 11) is 0. The van der Waals surface area contributed by atoms with Gasteiger partial charge in [-0.15, -0.1) is 0 Å². The summed E-state index contributed by atoms with van der Waals surface area (Å²) in [6, 6.07) is 0. The molecule has 0 aliphatic carbocycles. The standard InChI is InChI=1S/C10H21N2/c11-7-4-2-1-3-5-10-6-8-12-9-10/h10H,1-9,11H2. The van der Waals surface area contributed by atoms with Crippen LogP contribution in [0.15, 0.2) is 0 Å². The Kier molecular flexibility index (Phi) is 5.37. The summed E-state index contributed by atoms with van der Waals surface area (Å²) in [5.74, 6) is 0.919. The van der Waals surface area contributed by atoms with Crippen LogP contribution in [-0.4, -0.2) is 19.6 Å². The van der Waals surface area contributed by atoms with Crippen molar-refractivity contribution in [3.8, 4) is 0 Å². The monoisotopic (exact) mass is 169 g/mol. The van der Waals surface area contributed by atoms with Crippen molar-refractivity contribution in [3.05, 3.63) is 0 Å². The average Bonchev–Trinajstić information content (AvgIpc) is 2.57. The molecule has 1 atom stereocenters. The first-order chi connectivity index (χ1) is 5.93. The third kappa shape index (κ3) is 4.07. The molecule has 1 saturated heterocycles. The van der Waals surface area contributed by atoms with Crippen LogP contribution in [-0.2, 0) is 0 Å². The van der Waals surface area contributed by atoms with Gasteiger partial charge in [0.2, 0.25) is 0 Å². The highest BCUT2D eigenvalue weighted by atomic mass is 14.9. The first-order valence-electron chi connectivity index (χ1n) is 5.27. The largest absolute Gasteiger partial charge is 0.330 e. The molecule has 2 heteroatoms. The van der Waals surface area contributed by atoms with E-state index >= 15 is 0 Å². The van der Waals surface area contributed by atoms with Gasteiger partial charge in [-0.1, -0.05) is 19.3 Å². The van der Waals surface area contributed by atoms with E-state index in [-0.39, 0.29) is 0 Å². The van der Waals surface area contributed by atoms with Crippen LogP contribution in [0.1, 0.15) is 38.5 Å². The molecule has 1 aliphatic heterocycles. The van der Waals surface area contributed by atoms with E-state index in [4.69, 9.17) is 5.73 Å². The highest BCUT2D eigenvalue weighted by molar-refractivity contribution is 4.70. The zero-order chi connectivity index (χ0) is 8.65. The number of hydrogen-bond acceptors (Lipinski definition) is 1. The van der Waals surface area contributed by atoms with Crippen LogP contribution in [0.25, 0.3) is 0 Å². The molecule has 1 rings (SSSR count). The van der Waals surface area contributed by atoms with Crippen LogP contribution in [0.5, 0.6) is 0 Å². The zero-order valence-corrected chi connectivity index (χ0v) is 7.97. The molecule has 1 radical (unpaired) electrons. The summed E-state index contributed by atoms with van der Waals surface area (Å²) < 4.78 is 0. The maximum atomic E-state index is 5.42. The fourth-order valence-electron chi connectivity index (χ4n) is 1.81. The van der Waals surface area contributed by atoms with Crippen molar-refractivity contribution < 1.29 is 0 Å². The fraction of sp³-hybridized carbons (Fsp3) is 1.00. The molecule has 0 spiro atoms. The van der Waals surface area contributed by atoms with E-state index in [0.717, 1.165) is 25.6 Å². The molecule has 12 heavy (non-hydrogen) atoms. The molecular weight excluding hydrogens is 148 g/mol. The van der Waals surface area contributed by atoms with E-state index < -0.39 is 0 Å². The molecule has 1 heterocycles. The van der Waals surface area contributed by atoms with Gasteiger partial charge in [0, 0.05) is 13.1 Å². The third-order valence-electron chi connectivity index (χ3n) is 2.65. The van der Waals surface area contributed by atoms with Crippen LogP contribution >= 0.6 is 0 Å². The molecular formula is C10H21N2. The van der Waals surface area contributed by atoms with Crippen LogP contribution in [0.3, 0.4) is 0 Å². The first-order valence-corrected chi connectivity index (χ1v) is 5.27. The Hall–Kier alpha value is -0.0800. The third-order valence-corrected chi connectivity index (χ3v) is 2.65. The summed E-state index contributed by atoms with van der Waals surface area (Å²) in [5, 5.41) is 4.36. The topological polar surface area (TPSA) is 40.1 Å². The van der Waals surface area contributed by atoms with Crippen LogP contribution < -0.4 is 11.1 Å². The second-order valence-electron chi connectivity index (χ2n) is 3.78. The molecule has 0 aromatic rings. The number of unbranched alkanes of at least 4 members (excludes halogenated alkanes) is 3. The Morgan fingerprint density at radius 2 is 2.00 bits per heavy atom. The maximum Gasteiger partial charge on any atom is 0.0162 e. The van der Waals surface area contributed by atoms with Crippen LogP contribution in [0.2, 0.25) is 0 Å². The molecule has 0 aromatic carbocycles. The smallest absolute Gasteiger partial charge is 0.0162 e. The first kappa shape index (κ1) is 10.0. The molecule has 1 fully saturated rings. The molecule has 2 nitrogen and oxygen atoms in total. The van der Waals surface area contributed by atoms with Crippen molar-refractivity contribution >= 4 is 0 Å². The highest BCUT2D eigenvalue weighted by Crippen LogP contribution is 2.17. The molecule has 0 bridgehead atoms. The summed E-state index contributed by atoms with van der Waals surface area (Å²) in [4.78, 5) is 0. The normalized spacial score (nSPS) is 23.2. The Balaban J connectivity index is 1.81. The van der Waals surface area contributed by atoms with Gasteiger partial charge in [0.1, 0.15) is 0 Å². The molecule has 1 unspecified atom stereocenters. The van der Waals surface area contributed by atoms with Gasteiger partial charge in [-0.2, -0.15) is 0 Å². The van der Waals surface area contributed by atoms with Crippen molar-refractivity contribution in [2.75, 3.05) is 19.6 Å². The van der Waals surface area contributed by atoms with Crippen molar-refractivity contribution in [1.82, 2.24) is 5.32 Å². The summed E-state index contributed by atoms with van der Waals surface area (Å²) >= 11 is 0. The van der Waals surface area contributed by atoms with Crippen molar-refractivity contribution in [1.29, 1.82) is 0 Å². The van der Waals surface area contributed by atoms with Gasteiger partial charge in [-0.05, 0) is 31.7 Å². The van der Waals surface area contributed by atoms with Crippen LogP contribution in [0.4, 0.5) is 0 Å². The Labute approximate surface area is 75.9 Å². The van der Waals surface area contributed by atoms with Gasteiger partial charge in [-0.25, -0.2) is 5.32 Å². The second kappa shape index (κ2) is 6.44. The second-order valence-corrected chi connectivity index (χ2v) is 3.78. The lowest BCUT2D eigenvalue weighted by atomic mass is 10.0. The minimum Gasteiger partial charge on any atom is -0.330 e. The summed E-state index contributed by atoms with van der Waals surface area (Å²) in [6.07, 6.45) is 8.02. The number of hydrogen-bond donors (Lipinski definition) is 1. The van der Waals surface area contributed by atoms with Gasteiger partial charge in [0.15, 0.2) is 0 Å². The van der Waals surface area contributed by atoms with Crippen molar-refractivity contribution in [3.63, 3.8) is 0 Å². The Bertz CT molecular complexity index is 98.0. The van der Waals surface area contributed by atoms with Crippen LogP contribution in [0, 0.1) is 5.92 Å². The maximum absolute atomic E-state index is 5.42. The zero-order valence-electron chi connectivity index (χ0n) is 7.97. The van der Waals surface area contributed by atoms with Gasteiger partial charge in [0.25, 0.3) is 0 Å². The van der Waals surface area contributed by atoms with Gasteiger partial charge in [-0.3, -0.25) is 0 Å². The lowest BCUT2D eigenvalue weighted by Crippen LogP contribution is -2.02. The molecule has 0 saturated carbocycles. The van der Waals surface area contributed by atoms with E-state index in [1.807, 2.05) is 0 Å². The predicted molar refractivity (Wildman–Crippen MR) is 52.1 cm³/mol. The molecule has 0 aromatic heterocycles. The quantitative estimate of drug-likeness (QED) is 0.602. The Morgan fingerprint density at radius 1 is 1.17 bits per heavy atom. The fourth-order valence-corrected chi connectivity index (χ4v) is 1.81. The van der Waals surface area contributed by atoms with Crippen molar-refractivity contribution in [2.45, 2.75) is 38.5 Å². The molecule has 1 aliphatic rings. The van der Waals surface area contributed by atoms with E-state index in [1.165, 1.54) is 38.5 Å². The number of rotatable bonds is 6. The average molecular weight is 169 g/mol. The minimum absolute atomic E-state index is 0.860. The summed E-state index contributed by atoms with van der Waals surface area (Å²) in [6.45, 7) is 3.11. The van der Waals surface area contributed by atoms with Gasteiger partial charge in [0.05, 0.1) is 0 Å². The lowest BCUT2D eigenvalue weighted by molar-refractivity contribution is 0.486. The molecule has 71 valence electrons. The molecule has 0 amide bonds. The summed E-state index contributed by atoms with van der Waals surface area (Å²) in [5.41, 5.74) is 5.42. The van der Waals surface area contributed by atoms with Crippen molar-refractivity contribution in [2.24, 2.45) is 11.7 Å².